The van der Waals surface area contributed by atoms with Crippen molar-refractivity contribution in [3.8, 4) is 80.1 Å². The second kappa shape index (κ2) is 25.4. The first kappa shape index (κ1) is 63.7. The Kier molecular flexibility index (Phi) is 17.2. The van der Waals surface area contributed by atoms with Crippen molar-refractivity contribution in [2.45, 2.75) is 81.7 Å². The van der Waals surface area contributed by atoms with Gasteiger partial charge in [-0.3, -0.25) is 38.4 Å². The summed E-state index contributed by atoms with van der Waals surface area (Å²) in [5, 5.41) is 111. The van der Waals surface area contributed by atoms with Crippen LogP contribution in [0.1, 0.15) is 107 Å². The van der Waals surface area contributed by atoms with Gasteiger partial charge >= 0.3 is 5.97 Å². The third-order valence-corrected chi connectivity index (χ3v) is 16.1. The van der Waals surface area contributed by atoms with Crippen LogP contribution in [0.25, 0.3) is 11.1 Å². The summed E-state index contributed by atoms with van der Waals surface area (Å²) in [5.74, 6) is -17.3. The van der Waals surface area contributed by atoms with E-state index in [1.807, 2.05) is 0 Å². The lowest BCUT2D eigenvalue weighted by Crippen LogP contribution is -2.56. The smallest absolute Gasteiger partial charge is 0.333 e. The lowest BCUT2D eigenvalue weighted by molar-refractivity contribution is -0.146. The number of aliphatic hydroxyl groups is 2. The monoisotopic (exact) mass is 1290 g/mol. The van der Waals surface area contributed by atoms with Crippen molar-refractivity contribution in [2.75, 3.05) is 7.11 Å². The molecule has 0 unspecified atom stereocenters. The van der Waals surface area contributed by atoms with Crippen LogP contribution in [-0.4, -0.2) is 113 Å². The lowest BCUT2D eigenvalue weighted by atomic mass is 9.89. The van der Waals surface area contributed by atoms with Crippen LogP contribution in [0.4, 0.5) is 0 Å². The Morgan fingerprint density at radius 2 is 0.989 bits per heavy atom. The van der Waals surface area contributed by atoms with Gasteiger partial charge in [-0.25, -0.2) is 4.79 Å². The molecule has 7 aromatic carbocycles. The Labute approximate surface area is 532 Å². The van der Waals surface area contributed by atoms with Crippen LogP contribution >= 0.6 is 0 Å². The molecule has 28 nitrogen and oxygen atoms in total. The van der Waals surface area contributed by atoms with E-state index in [4.69, 9.17) is 18.9 Å². The number of benzene rings is 7. The number of hydrogen-bond donors (Lipinski definition) is 15. The number of carbonyl (C=O) groups is 9. The van der Waals surface area contributed by atoms with Crippen LogP contribution in [0.15, 0.2) is 121 Å². The fourth-order valence-electron chi connectivity index (χ4n) is 11.2. The third-order valence-electron chi connectivity index (χ3n) is 16.1. The summed E-state index contributed by atoms with van der Waals surface area (Å²) in [6.45, 7) is 4.73. The molecule has 7 amide bonds. The number of ketones is 1. The molecule has 0 saturated heterocycles. The Morgan fingerprint density at radius 1 is 0.500 bits per heavy atom. The van der Waals surface area contributed by atoms with Gasteiger partial charge in [-0.15, -0.1) is 0 Å². The molecular weight excluding hydrogens is 1230 g/mol. The number of esters is 1. The van der Waals surface area contributed by atoms with Crippen LogP contribution in [0.2, 0.25) is 0 Å². The number of carbonyl (C=O) groups excluding carboxylic acids is 9. The molecule has 7 aromatic rings. The van der Waals surface area contributed by atoms with Gasteiger partial charge in [-0.2, -0.15) is 0 Å². The molecule has 0 spiro atoms. The van der Waals surface area contributed by atoms with Gasteiger partial charge in [-0.1, -0.05) is 50.2 Å². The zero-order chi connectivity index (χ0) is 67.3. The number of aliphatic hydroxyl groups excluding tert-OH is 2. The summed E-state index contributed by atoms with van der Waals surface area (Å²) >= 11 is 0. The largest absolute Gasteiger partial charge is 0.508 e. The van der Waals surface area contributed by atoms with Gasteiger partial charge in [0.2, 0.25) is 47.0 Å². The van der Waals surface area contributed by atoms with E-state index in [-0.39, 0.29) is 79.7 Å². The van der Waals surface area contributed by atoms with Crippen molar-refractivity contribution in [3.05, 3.63) is 166 Å². The van der Waals surface area contributed by atoms with E-state index >= 15 is 19.2 Å². The third kappa shape index (κ3) is 12.5. The number of phenolic OH excluding ortho intramolecular Hbond substituents is 6. The number of fused-ring (bicyclic) bond motifs is 14. The Hall–Kier alpha value is -11.9. The quantitative estimate of drug-likeness (QED) is 0.0842. The van der Waals surface area contributed by atoms with E-state index in [0.29, 0.717) is 0 Å². The number of ether oxygens (including phenoxy) is 4. The van der Waals surface area contributed by atoms with Crippen LogP contribution in [0, 0.1) is 12.8 Å². The van der Waals surface area contributed by atoms with Crippen LogP contribution in [0.3, 0.4) is 0 Å². The summed E-state index contributed by atoms with van der Waals surface area (Å²) in [6.07, 6.45) is -4.35. The topological polar surface area (TPSA) is 437 Å². The number of phenols is 6. The maximum absolute atomic E-state index is 15.8. The molecule has 6 aliphatic rings. The molecule has 17 bridgehead atoms. The molecule has 484 valence electrons. The average molecular weight is 1290 g/mol. The standard InChI is InChI=1S/C66H59N7O21/c1-26(2)17-43(79)59(83)67-50-31-10-16-40(76)45(20-31)94-44-21-32(19-41(77)27(44)3)51-62(86)69-52-33-22-46(92-35-11-5-28(6-12-35)56(80)54(64(88)70-51)72-61(50)85)58(82)47(23-33)93-36-13-7-29(8-14-36)57(81)55-65(89)71-53(66(90)91-4)38-24-34(74)25-42(78)48(38)37-18-30(9-15-39(37)75)49(60(84)73-55)68-63(52)87/h5-16,18-26,49-57,74-78,80-82H,17H2,1-4H3,(H,67,83)(H,68,87)(H,69,86)(H,70,88)(H,71,89)(H,72,85)(H,73,84)/t49-,50+,51+,52-,53+,54-,55+,56-,57-/m1/s1. The normalized spacial score (nSPS) is 21.8. The van der Waals surface area contributed by atoms with Crippen LogP contribution in [0.5, 0.6) is 69.0 Å². The molecule has 6 aliphatic heterocycles. The van der Waals surface area contributed by atoms with Crippen molar-refractivity contribution in [3.63, 3.8) is 0 Å². The number of aromatic hydroxyl groups is 6. The molecule has 94 heavy (non-hydrogen) atoms. The second-order valence-electron chi connectivity index (χ2n) is 23.0. The maximum Gasteiger partial charge on any atom is 0.333 e. The molecule has 0 radical (unpaired) electrons. The van der Waals surface area contributed by atoms with E-state index in [9.17, 15) is 64.8 Å². The van der Waals surface area contributed by atoms with Gasteiger partial charge in [-0.05, 0) is 125 Å². The molecule has 0 fully saturated rings. The molecule has 9 atom stereocenters. The zero-order valence-electron chi connectivity index (χ0n) is 49.9. The molecule has 6 heterocycles. The number of Topliss-reactive ketones (excluding diaryl/α,β-unsaturated/α-hetero) is 1. The first-order chi connectivity index (χ1) is 44.7. The minimum Gasteiger partial charge on any atom is -0.508 e. The van der Waals surface area contributed by atoms with Gasteiger partial charge in [0.05, 0.1) is 7.11 Å². The van der Waals surface area contributed by atoms with Crippen molar-refractivity contribution >= 4 is 53.1 Å². The highest BCUT2D eigenvalue weighted by Gasteiger charge is 2.43. The Balaban J connectivity index is 1.12. The van der Waals surface area contributed by atoms with Crippen molar-refractivity contribution < 1.29 is 103 Å². The van der Waals surface area contributed by atoms with Crippen molar-refractivity contribution in [2.24, 2.45) is 5.92 Å². The minimum absolute atomic E-state index is 0.0324. The molecule has 0 aliphatic carbocycles. The van der Waals surface area contributed by atoms with Crippen LogP contribution < -0.4 is 51.4 Å². The number of rotatable bonds is 5. The molecular formula is C66H59N7O21. The molecule has 0 saturated carbocycles. The van der Waals surface area contributed by atoms with E-state index in [2.05, 4.69) is 37.2 Å². The highest BCUT2D eigenvalue weighted by molar-refractivity contribution is 6.36. The Bertz CT molecular complexity index is 4310. The van der Waals surface area contributed by atoms with Gasteiger partial charge in [0.15, 0.2) is 29.0 Å². The highest BCUT2D eigenvalue weighted by Crippen LogP contribution is 2.47. The van der Waals surface area contributed by atoms with Crippen molar-refractivity contribution in [1.29, 1.82) is 0 Å². The summed E-state index contributed by atoms with van der Waals surface area (Å²) in [7, 11) is 0.965. The van der Waals surface area contributed by atoms with Gasteiger partial charge in [0, 0.05) is 34.7 Å². The van der Waals surface area contributed by atoms with Gasteiger partial charge in [0.1, 0.15) is 88.7 Å². The zero-order valence-corrected chi connectivity index (χ0v) is 49.9. The van der Waals surface area contributed by atoms with E-state index in [0.717, 1.165) is 73.8 Å². The summed E-state index contributed by atoms with van der Waals surface area (Å²) < 4.78 is 23.7. The molecule has 0 aromatic heterocycles. The highest BCUT2D eigenvalue weighted by atomic mass is 16.5. The first-order valence-corrected chi connectivity index (χ1v) is 29.0. The lowest BCUT2D eigenvalue weighted by Gasteiger charge is -2.31. The van der Waals surface area contributed by atoms with Gasteiger partial charge in [0.25, 0.3) is 5.91 Å². The predicted octanol–water partition coefficient (Wildman–Crippen LogP) is 4.34. The number of methoxy groups -OCH3 is 1. The summed E-state index contributed by atoms with van der Waals surface area (Å²) in [4.78, 5) is 132. The predicted molar refractivity (Wildman–Crippen MR) is 324 cm³/mol. The number of hydrogen-bond acceptors (Lipinski definition) is 21. The fraction of sp³-hybridized carbons (Fsp3) is 0.227. The number of amides is 7. The SMILES string of the molecule is COC(=O)[C@H]1NC(=O)[C@H]2NC(=O)[C@H](NC(=O)[C@@H]3NC(=O)[C@H]4NC(=O)[C@H](NC(=O)[C@@H](NC(=O)C(=O)CC(C)C)c5ccc(O)c(c5)Oc5cc4cc(O)c5C)[C@H](O)c4ccc(cc4)Oc4cc3cc(c4O)Oc3ccc(cc3)[C@H]2O)c2ccc(O)c(c2)-c2c(O)cc(O)cc21. The average Bonchev–Trinajstić information content (AvgIpc) is 0.775. The summed E-state index contributed by atoms with van der Waals surface area (Å²) in [5.41, 5.74) is -2.36. The Morgan fingerprint density at radius 3 is 1.57 bits per heavy atom. The fourth-order valence-corrected chi connectivity index (χ4v) is 11.2. The maximum atomic E-state index is 15.8. The first-order valence-electron chi connectivity index (χ1n) is 29.0. The molecule has 28 heteroatoms. The van der Waals surface area contributed by atoms with Crippen molar-refractivity contribution in [1.82, 2.24) is 37.2 Å². The van der Waals surface area contributed by atoms with E-state index in [1.54, 1.807) is 13.8 Å². The van der Waals surface area contributed by atoms with Gasteiger partial charge < -0.3 is 97.0 Å². The second-order valence-corrected chi connectivity index (χ2v) is 23.0. The summed E-state index contributed by atoms with van der Waals surface area (Å²) in [6, 6.07) is 8.59. The van der Waals surface area contributed by atoms with E-state index < -0.39 is 165 Å². The molecule has 13 rings (SSSR count). The molecule has 15 N–H and O–H groups in total. The van der Waals surface area contributed by atoms with Crippen LogP contribution in [-0.2, 0) is 47.9 Å². The number of nitrogens with one attached hydrogen (secondary N) is 7. The van der Waals surface area contributed by atoms with E-state index in [1.165, 1.54) is 61.5 Å². The minimum atomic E-state index is -2.20.